The van der Waals surface area contributed by atoms with Crippen LogP contribution in [0.4, 0.5) is 0 Å². The number of primary sulfonamides is 1. The molecule has 1 atom stereocenters. The molecule has 1 aliphatic carbocycles. The molecule has 0 spiro atoms. The number of hydrogen-bond acceptors (Lipinski definition) is 4. The van der Waals surface area contributed by atoms with Crippen molar-refractivity contribution in [2.24, 2.45) is 11.1 Å². The zero-order valence-electron chi connectivity index (χ0n) is 12.2. The Kier molecular flexibility index (Phi) is 5.40. The van der Waals surface area contributed by atoms with Gasteiger partial charge in [0.25, 0.3) is 5.91 Å². The molecule has 0 bridgehead atoms. The first-order chi connectivity index (χ1) is 9.91. The summed E-state index contributed by atoms with van der Waals surface area (Å²) in [6.45, 7) is 2.07. The van der Waals surface area contributed by atoms with Gasteiger partial charge in [0.15, 0.2) is 0 Å². The SMILES string of the molecule is CCC(NC(=O)c1csc(S(N)(=O)=O)c1)C1CCCCC1. The maximum Gasteiger partial charge on any atom is 0.252 e. The molecule has 0 radical (unpaired) electrons. The Hall–Kier alpha value is -0.920. The van der Waals surface area contributed by atoms with Crippen molar-refractivity contribution in [2.45, 2.75) is 55.7 Å². The Balaban J connectivity index is 2.03. The first-order valence-corrected chi connectivity index (χ1v) is 9.76. The number of nitrogens with one attached hydrogen (secondary N) is 1. The highest BCUT2D eigenvalue weighted by atomic mass is 32.2. The van der Waals surface area contributed by atoms with Crippen molar-refractivity contribution in [3.63, 3.8) is 0 Å². The molecule has 118 valence electrons. The summed E-state index contributed by atoms with van der Waals surface area (Å²) in [7, 11) is -3.73. The van der Waals surface area contributed by atoms with Crippen molar-refractivity contribution >= 4 is 27.3 Å². The number of sulfonamides is 1. The van der Waals surface area contributed by atoms with E-state index >= 15 is 0 Å². The molecule has 1 aliphatic rings. The zero-order valence-corrected chi connectivity index (χ0v) is 13.8. The molecule has 2 rings (SSSR count). The fourth-order valence-corrected chi connectivity index (χ4v) is 4.51. The maximum atomic E-state index is 12.3. The third-order valence-electron chi connectivity index (χ3n) is 4.09. The van der Waals surface area contributed by atoms with Crippen LogP contribution in [0, 0.1) is 5.92 Å². The molecule has 0 saturated heterocycles. The predicted octanol–water partition coefficient (Wildman–Crippen LogP) is 2.48. The van der Waals surface area contributed by atoms with E-state index in [1.165, 1.54) is 25.3 Å². The lowest BCUT2D eigenvalue weighted by Gasteiger charge is -2.30. The highest BCUT2D eigenvalue weighted by Gasteiger charge is 2.24. The highest BCUT2D eigenvalue weighted by molar-refractivity contribution is 7.91. The number of carbonyl (C=O) groups excluding carboxylic acids is 1. The van der Waals surface area contributed by atoms with Crippen molar-refractivity contribution in [2.75, 3.05) is 0 Å². The standard InChI is InChI=1S/C14H22N2O3S2/c1-2-12(10-6-4-3-5-7-10)16-14(17)11-8-13(20-9-11)21(15,18)19/h8-10,12H,2-7H2,1H3,(H,16,17)(H2,15,18,19). The lowest BCUT2D eigenvalue weighted by atomic mass is 9.83. The Bertz CT molecular complexity index is 589. The molecule has 1 unspecified atom stereocenters. The summed E-state index contributed by atoms with van der Waals surface area (Å²) in [6, 6.07) is 1.51. The van der Waals surface area contributed by atoms with Crippen molar-refractivity contribution in [1.82, 2.24) is 5.32 Å². The Morgan fingerprint density at radius 2 is 2.10 bits per heavy atom. The van der Waals surface area contributed by atoms with E-state index in [-0.39, 0.29) is 16.2 Å². The second kappa shape index (κ2) is 6.89. The zero-order chi connectivity index (χ0) is 15.5. The average molecular weight is 330 g/mol. The van der Waals surface area contributed by atoms with Crippen LogP contribution in [0.3, 0.4) is 0 Å². The van der Waals surface area contributed by atoms with Crippen LogP contribution in [0.1, 0.15) is 55.8 Å². The molecule has 5 nitrogen and oxygen atoms in total. The monoisotopic (exact) mass is 330 g/mol. The van der Waals surface area contributed by atoms with Crippen LogP contribution in [-0.4, -0.2) is 20.4 Å². The van der Waals surface area contributed by atoms with E-state index in [4.69, 9.17) is 5.14 Å². The van der Waals surface area contributed by atoms with Gasteiger partial charge in [0.1, 0.15) is 4.21 Å². The summed E-state index contributed by atoms with van der Waals surface area (Å²) in [5, 5.41) is 9.66. The Labute approximate surface area is 130 Å². The third kappa shape index (κ3) is 4.28. The van der Waals surface area contributed by atoms with Crippen LogP contribution < -0.4 is 10.5 Å². The summed E-state index contributed by atoms with van der Waals surface area (Å²) >= 11 is 0.981. The first-order valence-electron chi connectivity index (χ1n) is 7.34. The quantitative estimate of drug-likeness (QED) is 0.869. The molecule has 1 fully saturated rings. The fourth-order valence-electron chi connectivity index (χ4n) is 2.93. The summed E-state index contributed by atoms with van der Waals surface area (Å²) in [6.07, 6.45) is 6.94. The Morgan fingerprint density at radius 3 is 2.62 bits per heavy atom. The maximum absolute atomic E-state index is 12.3. The first kappa shape index (κ1) is 16.5. The van der Waals surface area contributed by atoms with Crippen LogP contribution in [0.5, 0.6) is 0 Å². The third-order valence-corrected chi connectivity index (χ3v) is 6.48. The minimum Gasteiger partial charge on any atom is -0.349 e. The molecule has 1 aromatic heterocycles. The molecule has 3 N–H and O–H groups in total. The van der Waals surface area contributed by atoms with Gasteiger partial charge in [-0.05, 0) is 31.2 Å². The van der Waals surface area contributed by atoms with E-state index in [0.717, 1.165) is 30.6 Å². The van der Waals surface area contributed by atoms with Crippen molar-refractivity contribution in [3.05, 3.63) is 17.0 Å². The van der Waals surface area contributed by atoms with Gasteiger partial charge in [-0.15, -0.1) is 11.3 Å². The van der Waals surface area contributed by atoms with Gasteiger partial charge in [-0.2, -0.15) is 0 Å². The molecule has 0 aliphatic heterocycles. The van der Waals surface area contributed by atoms with E-state index < -0.39 is 10.0 Å². The normalized spacial score (nSPS) is 18.4. The number of carbonyl (C=O) groups is 1. The van der Waals surface area contributed by atoms with Crippen LogP contribution >= 0.6 is 11.3 Å². The summed E-state index contributed by atoms with van der Waals surface area (Å²) in [5.41, 5.74) is 0.373. The van der Waals surface area contributed by atoms with Crippen LogP contribution in [0.2, 0.25) is 0 Å². The van der Waals surface area contributed by atoms with E-state index in [9.17, 15) is 13.2 Å². The number of nitrogens with two attached hydrogens (primary N) is 1. The van der Waals surface area contributed by atoms with Crippen molar-refractivity contribution < 1.29 is 13.2 Å². The van der Waals surface area contributed by atoms with E-state index in [1.807, 2.05) is 0 Å². The van der Waals surface area contributed by atoms with Crippen LogP contribution in [0.15, 0.2) is 15.7 Å². The molecule has 0 aromatic carbocycles. The van der Waals surface area contributed by atoms with E-state index in [2.05, 4.69) is 12.2 Å². The largest absolute Gasteiger partial charge is 0.349 e. The summed E-state index contributed by atoms with van der Waals surface area (Å²) < 4.78 is 22.5. The molecular formula is C14H22N2O3S2. The minimum atomic E-state index is -3.73. The number of hydrogen-bond donors (Lipinski definition) is 2. The van der Waals surface area contributed by atoms with E-state index in [1.54, 1.807) is 5.38 Å². The van der Waals surface area contributed by atoms with Crippen molar-refractivity contribution in [1.29, 1.82) is 0 Å². The van der Waals surface area contributed by atoms with Crippen LogP contribution in [0.25, 0.3) is 0 Å². The minimum absolute atomic E-state index is 0.0263. The predicted molar refractivity (Wildman–Crippen MR) is 83.8 cm³/mol. The number of amides is 1. The summed E-state index contributed by atoms with van der Waals surface area (Å²) in [4.78, 5) is 12.3. The molecule has 21 heavy (non-hydrogen) atoms. The molecule has 7 heteroatoms. The average Bonchev–Trinajstić information content (AvgIpc) is 2.95. The molecule has 1 heterocycles. The molecule has 1 aromatic rings. The molecular weight excluding hydrogens is 308 g/mol. The number of thiophene rings is 1. The number of rotatable bonds is 5. The molecule has 1 saturated carbocycles. The van der Waals surface area contributed by atoms with Gasteiger partial charge in [-0.1, -0.05) is 26.2 Å². The van der Waals surface area contributed by atoms with Gasteiger partial charge in [0.2, 0.25) is 10.0 Å². The van der Waals surface area contributed by atoms with Gasteiger partial charge >= 0.3 is 0 Å². The van der Waals surface area contributed by atoms with E-state index in [0.29, 0.717) is 11.5 Å². The van der Waals surface area contributed by atoms with Gasteiger partial charge in [-0.25, -0.2) is 13.6 Å². The lowest BCUT2D eigenvalue weighted by Crippen LogP contribution is -2.40. The van der Waals surface area contributed by atoms with Gasteiger partial charge in [0.05, 0.1) is 5.56 Å². The highest BCUT2D eigenvalue weighted by Crippen LogP contribution is 2.28. The topological polar surface area (TPSA) is 89.3 Å². The summed E-state index contributed by atoms with van der Waals surface area (Å²) in [5.74, 6) is 0.322. The van der Waals surface area contributed by atoms with Crippen molar-refractivity contribution in [3.8, 4) is 0 Å². The second-order valence-corrected chi connectivity index (χ2v) is 8.29. The Morgan fingerprint density at radius 1 is 1.43 bits per heavy atom. The second-order valence-electron chi connectivity index (χ2n) is 5.59. The van der Waals surface area contributed by atoms with Gasteiger partial charge in [0, 0.05) is 11.4 Å². The lowest BCUT2D eigenvalue weighted by molar-refractivity contribution is 0.0911. The van der Waals surface area contributed by atoms with Gasteiger partial charge < -0.3 is 5.32 Å². The molecule has 1 amide bonds. The van der Waals surface area contributed by atoms with Gasteiger partial charge in [-0.3, -0.25) is 4.79 Å². The fraction of sp³-hybridized carbons (Fsp3) is 0.643. The smallest absolute Gasteiger partial charge is 0.252 e. The van der Waals surface area contributed by atoms with Crippen LogP contribution in [-0.2, 0) is 10.0 Å².